The van der Waals surface area contributed by atoms with Gasteiger partial charge in [0.2, 0.25) is 0 Å². The highest BCUT2D eigenvalue weighted by Gasteiger charge is 2.03. The molecule has 1 N–H and O–H groups in total. The summed E-state index contributed by atoms with van der Waals surface area (Å²) in [6, 6.07) is -0.374. The van der Waals surface area contributed by atoms with Crippen molar-refractivity contribution in [3.8, 4) is 0 Å². The van der Waals surface area contributed by atoms with Crippen molar-refractivity contribution in [1.29, 1.82) is 0 Å². The number of carboxylic acids is 1. The van der Waals surface area contributed by atoms with Gasteiger partial charge in [-0.2, -0.15) is 4.91 Å². The Morgan fingerprint density at radius 1 is 1.78 bits per heavy atom. The van der Waals surface area contributed by atoms with Crippen LogP contribution in [0.25, 0.3) is 0 Å². The fraction of sp³-hybridized carbons (Fsp3) is 0.800. The van der Waals surface area contributed by atoms with E-state index in [1.54, 1.807) is 6.92 Å². The SMILES string of the molecule is CC(CCC(=O)O)N=O. The van der Waals surface area contributed by atoms with E-state index in [1.807, 2.05) is 0 Å². The Bertz CT molecular complexity index is 113. The molecule has 0 heterocycles. The summed E-state index contributed by atoms with van der Waals surface area (Å²) in [6.45, 7) is 1.59. The molecule has 0 saturated carbocycles. The lowest BCUT2D eigenvalue weighted by atomic mass is 10.2. The van der Waals surface area contributed by atoms with Crippen molar-refractivity contribution in [1.82, 2.24) is 0 Å². The molecule has 0 bridgehead atoms. The highest BCUT2D eigenvalue weighted by molar-refractivity contribution is 5.66. The lowest BCUT2D eigenvalue weighted by Gasteiger charge is -1.95. The van der Waals surface area contributed by atoms with Gasteiger partial charge in [0.15, 0.2) is 0 Å². The summed E-state index contributed by atoms with van der Waals surface area (Å²) in [5.74, 6) is -0.884. The van der Waals surface area contributed by atoms with E-state index in [1.165, 1.54) is 0 Å². The molecule has 0 aromatic heterocycles. The Labute approximate surface area is 52.8 Å². The molecule has 0 aromatic carbocycles. The minimum atomic E-state index is -0.884. The molecule has 9 heavy (non-hydrogen) atoms. The van der Waals surface area contributed by atoms with Gasteiger partial charge in [0.05, 0.1) is 6.04 Å². The number of carbonyl (C=O) groups is 1. The summed E-state index contributed by atoms with van der Waals surface area (Å²) in [6.07, 6.45) is 0.353. The zero-order valence-corrected chi connectivity index (χ0v) is 5.20. The van der Waals surface area contributed by atoms with Gasteiger partial charge in [-0.1, -0.05) is 5.18 Å². The zero-order valence-electron chi connectivity index (χ0n) is 5.20. The lowest BCUT2D eigenvalue weighted by Crippen LogP contribution is -2.01. The van der Waals surface area contributed by atoms with Gasteiger partial charge in [-0.15, -0.1) is 0 Å². The number of hydrogen-bond acceptors (Lipinski definition) is 3. The van der Waals surface area contributed by atoms with Gasteiger partial charge >= 0.3 is 5.97 Å². The third-order valence-electron chi connectivity index (χ3n) is 0.956. The van der Waals surface area contributed by atoms with E-state index in [0.717, 1.165) is 0 Å². The van der Waals surface area contributed by atoms with E-state index in [2.05, 4.69) is 5.18 Å². The second kappa shape index (κ2) is 4.00. The maximum Gasteiger partial charge on any atom is 0.303 e. The molecule has 0 aliphatic rings. The van der Waals surface area contributed by atoms with Crippen LogP contribution in [0, 0.1) is 4.91 Å². The van der Waals surface area contributed by atoms with Gasteiger partial charge in [-0.05, 0) is 13.3 Å². The molecular weight excluding hydrogens is 122 g/mol. The number of nitroso groups, excluding NO2 is 1. The summed E-state index contributed by atoms with van der Waals surface area (Å²) < 4.78 is 0. The van der Waals surface area contributed by atoms with Crippen LogP contribution in [0.5, 0.6) is 0 Å². The molecule has 0 spiro atoms. The molecule has 0 amide bonds. The van der Waals surface area contributed by atoms with Crippen molar-refractivity contribution < 1.29 is 9.90 Å². The first-order valence-corrected chi connectivity index (χ1v) is 2.71. The number of hydrogen-bond donors (Lipinski definition) is 1. The Hall–Kier alpha value is -0.930. The summed E-state index contributed by atoms with van der Waals surface area (Å²) in [7, 11) is 0. The van der Waals surface area contributed by atoms with Gasteiger partial charge in [-0.25, -0.2) is 0 Å². The Balaban J connectivity index is 3.26. The molecule has 0 aliphatic heterocycles. The average Bonchev–Trinajstić information content (AvgIpc) is 1.83. The van der Waals surface area contributed by atoms with Crippen LogP contribution in [0.1, 0.15) is 19.8 Å². The summed E-state index contributed by atoms with van der Waals surface area (Å²) in [4.78, 5) is 19.6. The van der Waals surface area contributed by atoms with Crippen LogP contribution >= 0.6 is 0 Å². The zero-order chi connectivity index (χ0) is 7.28. The second-order valence-corrected chi connectivity index (χ2v) is 1.89. The van der Waals surface area contributed by atoms with E-state index >= 15 is 0 Å². The van der Waals surface area contributed by atoms with Gasteiger partial charge < -0.3 is 5.11 Å². The molecule has 0 radical (unpaired) electrons. The highest BCUT2D eigenvalue weighted by Crippen LogP contribution is 1.99. The van der Waals surface area contributed by atoms with Crippen molar-refractivity contribution in [3.05, 3.63) is 4.91 Å². The first-order valence-electron chi connectivity index (χ1n) is 2.71. The topological polar surface area (TPSA) is 66.7 Å². The monoisotopic (exact) mass is 131 g/mol. The van der Waals surface area contributed by atoms with Gasteiger partial charge in [0.1, 0.15) is 0 Å². The maximum atomic E-state index is 9.88. The standard InChI is InChI=1S/C5H9NO3/c1-4(6-9)2-3-5(7)8/h4H,2-3H2,1H3,(H,7,8). The normalized spacial score (nSPS) is 12.6. The predicted molar refractivity (Wildman–Crippen MR) is 32.1 cm³/mol. The second-order valence-electron chi connectivity index (χ2n) is 1.89. The fourth-order valence-electron chi connectivity index (χ4n) is 0.385. The molecule has 1 atom stereocenters. The molecule has 4 nitrogen and oxygen atoms in total. The van der Waals surface area contributed by atoms with Crippen LogP contribution in [-0.2, 0) is 4.79 Å². The number of nitrogens with zero attached hydrogens (tertiary/aromatic N) is 1. The largest absolute Gasteiger partial charge is 0.481 e. The number of rotatable bonds is 4. The van der Waals surface area contributed by atoms with Crippen LogP contribution in [0.3, 0.4) is 0 Å². The summed E-state index contributed by atoms with van der Waals surface area (Å²) >= 11 is 0. The van der Waals surface area contributed by atoms with Crippen LogP contribution in [0.2, 0.25) is 0 Å². The van der Waals surface area contributed by atoms with Crippen molar-refractivity contribution in [2.24, 2.45) is 5.18 Å². The molecule has 4 heteroatoms. The Morgan fingerprint density at radius 2 is 2.33 bits per heavy atom. The third kappa shape index (κ3) is 4.93. The van der Waals surface area contributed by atoms with E-state index in [-0.39, 0.29) is 12.5 Å². The van der Waals surface area contributed by atoms with E-state index in [9.17, 15) is 9.70 Å². The smallest absolute Gasteiger partial charge is 0.303 e. The van der Waals surface area contributed by atoms with Crippen molar-refractivity contribution in [2.75, 3.05) is 0 Å². The van der Waals surface area contributed by atoms with Gasteiger partial charge in [-0.3, -0.25) is 4.79 Å². The first kappa shape index (κ1) is 8.07. The summed E-state index contributed by atoms with van der Waals surface area (Å²) in [5, 5.41) is 10.8. The van der Waals surface area contributed by atoms with Crippen LogP contribution in [-0.4, -0.2) is 17.1 Å². The Morgan fingerprint density at radius 3 is 2.67 bits per heavy atom. The number of carboxylic acid groups (broad SMARTS) is 1. The molecular formula is C5H9NO3. The van der Waals surface area contributed by atoms with Crippen LogP contribution in [0.15, 0.2) is 5.18 Å². The van der Waals surface area contributed by atoms with Crippen molar-refractivity contribution in [3.63, 3.8) is 0 Å². The van der Waals surface area contributed by atoms with E-state index in [0.29, 0.717) is 6.42 Å². The van der Waals surface area contributed by atoms with E-state index in [4.69, 9.17) is 5.11 Å². The first-order chi connectivity index (χ1) is 4.16. The molecule has 0 aromatic rings. The van der Waals surface area contributed by atoms with Crippen LogP contribution < -0.4 is 0 Å². The molecule has 0 fully saturated rings. The van der Waals surface area contributed by atoms with Crippen LogP contribution in [0.4, 0.5) is 0 Å². The fourth-order valence-corrected chi connectivity index (χ4v) is 0.385. The quantitative estimate of drug-likeness (QED) is 0.579. The predicted octanol–water partition coefficient (Wildman–Crippen LogP) is 1.01. The average molecular weight is 131 g/mol. The molecule has 1 unspecified atom stereocenters. The number of aliphatic carboxylic acids is 1. The molecule has 0 saturated heterocycles. The van der Waals surface area contributed by atoms with Crippen molar-refractivity contribution >= 4 is 5.97 Å². The minimum absolute atomic E-state index is 0.0207. The van der Waals surface area contributed by atoms with Crippen molar-refractivity contribution in [2.45, 2.75) is 25.8 Å². The van der Waals surface area contributed by atoms with Gasteiger partial charge in [0, 0.05) is 6.42 Å². The highest BCUT2D eigenvalue weighted by atomic mass is 16.4. The molecule has 52 valence electrons. The molecule has 0 rings (SSSR count). The molecule has 0 aliphatic carbocycles. The van der Waals surface area contributed by atoms with Gasteiger partial charge in [0.25, 0.3) is 0 Å². The lowest BCUT2D eigenvalue weighted by molar-refractivity contribution is -0.137. The maximum absolute atomic E-state index is 9.88. The minimum Gasteiger partial charge on any atom is -0.481 e. The van der Waals surface area contributed by atoms with E-state index < -0.39 is 5.97 Å². The summed E-state index contributed by atoms with van der Waals surface area (Å²) in [5.41, 5.74) is 0. The third-order valence-corrected chi connectivity index (χ3v) is 0.956. The Kier molecular flexibility index (Phi) is 3.59.